The van der Waals surface area contributed by atoms with Gasteiger partial charge in [-0.1, -0.05) is 12.1 Å². The predicted octanol–water partition coefficient (Wildman–Crippen LogP) is 1.04. The summed E-state index contributed by atoms with van der Waals surface area (Å²) in [5.74, 6) is -0.370. The zero-order valence-electron chi connectivity index (χ0n) is 9.92. The van der Waals surface area contributed by atoms with Crippen LogP contribution in [0.1, 0.15) is 0 Å². The van der Waals surface area contributed by atoms with Crippen LogP contribution in [0.25, 0.3) is 0 Å². The van der Waals surface area contributed by atoms with E-state index in [0.29, 0.717) is 23.9 Å². The normalized spacial score (nSPS) is 9.44. The molecule has 1 rings (SSSR count). The fourth-order valence-corrected chi connectivity index (χ4v) is 1.38. The van der Waals surface area contributed by atoms with E-state index in [9.17, 15) is 9.18 Å². The lowest BCUT2D eigenvalue weighted by Crippen LogP contribution is -2.39. The lowest BCUT2D eigenvalue weighted by atomic mass is 10.3. The lowest BCUT2D eigenvalue weighted by molar-refractivity contribution is 0.243. The molecule has 18 heavy (non-hydrogen) atoms. The molecule has 7 heteroatoms. The molecule has 1 aromatic carbocycles. The second-order valence-electron chi connectivity index (χ2n) is 3.37. The number of anilines is 1. The van der Waals surface area contributed by atoms with E-state index in [1.807, 2.05) is 0 Å². The number of carbonyl (C=O) groups is 1. The molecule has 0 aliphatic rings. The van der Waals surface area contributed by atoms with Crippen molar-refractivity contribution in [2.24, 2.45) is 0 Å². The Balaban J connectivity index is 2.26. The maximum atomic E-state index is 13.3. The third kappa shape index (κ3) is 4.96. The van der Waals surface area contributed by atoms with Gasteiger partial charge in [-0.3, -0.25) is 0 Å². The summed E-state index contributed by atoms with van der Waals surface area (Å²) < 4.78 is 13.3. The minimum absolute atomic E-state index is 0.259. The highest BCUT2D eigenvalue weighted by Crippen LogP contribution is 2.11. The number of nitrogens with one attached hydrogen (secondary N) is 4. The first-order valence-electron chi connectivity index (χ1n) is 5.38. The summed E-state index contributed by atoms with van der Waals surface area (Å²) in [6.07, 6.45) is 0. The third-order valence-corrected chi connectivity index (χ3v) is 2.29. The summed E-state index contributed by atoms with van der Waals surface area (Å²) in [6, 6.07) is 5.99. The summed E-state index contributed by atoms with van der Waals surface area (Å²) in [7, 11) is 1.53. The quantitative estimate of drug-likeness (QED) is 0.487. The first kappa shape index (κ1) is 14.2. The van der Waals surface area contributed by atoms with Crippen molar-refractivity contribution in [2.75, 3.05) is 25.5 Å². The number of benzene rings is 1. The van der Waals surface area contributed by atoms with E-state index >= 15 is 0 Å². The van der Waals surface area contributed by atoms with E-state index in [1.165, 1.54) is 13.1 Å². The average Bonchev–Trinajstić information content (AvgIpc) is 2.37. The van der Waals surface area contributed by atoms with Crippen molar-refractivity contribution in [1.82, 2.24) is 16.0 Å². The molecule has 0 fully saturated rings. The summed E-state index contributed by atoms with van der Waals surface area (Å²) in [6.45, 7) is 0.868. The van der Waals surface area contributed by atoms with Crippen LogP contribution in [0.3, 0.4) is 0 Å². The molecule has 0 bridgehead atoms. The minimum atomic E-state index is -0.370. The molecule has 0 aliphatic carbocycles. The van der Waals surface area contributed by atoms with Gasteiger partial charge >= 0.3 is 6.03 Å². The summed E-state index contributed by atoms with van der Waals surface area (Å²) >= 11 is 4.99. The van der Waals surface area contributed by atoms with E-state index in [-0.39, 0.29) is 11.8 Å². The van der Waals surface area contributed by atoms with Crippen LogP contribution in [-0.2, 0) is 0 Å². The van der Waals surface area contributed by atoms with Gasteiger partial charge in [0.1, 0.15) is 5.82 Å². The van der Waals surface area contributed by atoms with Crippen molar-refractivity contribution < 1.29 is 9.18 Å². The average molecular weight is 270 g/mol. The molecule has 5 nitrogen and oxygen atoms in total. The standard InChI is InChI=1S/C11H15FN4OS/c1-13-10(17)14-6-7-15-11(18)16-9-5-3-2-4-8(9)12/h2-5H,6-7H2,1H3,(H2,13,14,17)(H2,15,16,18). The predicted molar refractivity (Wildman–Crippen MR) is 73.1 cm³/mol. The SMILES string of the molecule is CNC(=O)NCCNC(=S)Nc1ccccc1F. The monoisotopic (exact) mass is 270 g/mol. The van der Waals surface area contributed by atoms with Gasteiger partial charge in [0.2, 0.25) is 0 Å². The van der Waals surface area contributed by atoms with Gasteiger partial charge in [0, 0.05) is 20.1 Å². The topological polar surface area (TPSA) is 65.2 Å². The highest BCUT2D eigenvalue weighted by Gasteiger charge is 2.02. The molecule has 0 atom stereocenters. The molecule has 0 saturated carbocycles. The number of halogens is 1. The second kappa shape index (κ2) is 7.44. The fourth-order valence-electron chi connectivity index (χ4n) is 1.17. The molecule has 98 valence electrons. The number of para-hydroxylation sites is 1. The van der Waals surface area contributed by atoms with E-state index in [2.05, 4.69) is 21.3 Å². The first-order chi connectivity index (χ1) is 8.63. The zero-order valence-corrected chi connectivity index (χ0v) is 10.7. The molecule has 0 heterocycles. The maximum Gasteiger partial charge on any atom is 0.314 e. The lowest BCUT2D eigenvalue weighted by Gasteiger charge is -2.11. The van der Waals surface area contributed by atoms with Gasteiger partial charge in [0.25, 0.3) is 0 Å². The fraction of sp³-hybridized carbons (Fsp3) is 0.273. The Morgan fingerprint density at radius 2 is 1.94 bits per heavy atom. The first-order valence-corrected chi connectivity index (χ1v) is 5.79. The van der Waals surface area contributed by atoms with Gasteiger partial charge in [-0.05, 0) is 24.4 Å². The van der Waals surface area contributed by atoms with Gasteiger partial charge in [-0.15, -0.1) is 0 Å². The summed E-state index contributed by atoms with van der Waals surface area (Å²) in [5, 5.41) is 10.9. The molecule has 0 aliphatic heterocycles. The van der Waals surface area contributed by atoms with Crippen molar-refractivity contribution in [2.45, 2.75) is 0 Å². The Morgan fingerprint density at radius 1 is 1.28 bits per heavy atom. The number of amides is 2. The Kier molecular flexibility index (Phi) is 5.86. The van der Waals surface area contributed by atoms with Gasteiger partial charge < -0.3 is 21.3 Å². The van der Waals surface area contributed by atoms with Crippen LogP contribution < -0.4 is 21.3 Å². The van der Waals surface area contributed by atoms with Crippen molar-refractivity contribution >= 4 is 29.0 Å². The number of carbonyl (C=O) groups excluding carboxylic acids is 1. The van der Waals surface area contributed by atoms with Crippen molar-refractivity contribution in [1.29, 1.82) is 0 Å². The molecule has 4 N–H and O–H groups in total. The number of thiocarbonyl (C=S) groups is 1. The summed E-state index contributed by atoms with van der Waals surface area (Å²) in [5.41, 5.74) is 0.314. The van der Waals surface area contributed by atoms with E-state index < -0.39 is 0 Å². The van der Waals surface area contributed by atoms with Crippen LogP contribution >= 0.6 is 12.2 Å². The summed E-state index contributed by atoms with van der Waals surface area (Å²) in [4.78, 5) is 10.8. The molecule has 0 saturated heterocycles. The number of rotatable bonds is 4. The van der Waals surface area contributed by atoms with Crippen LogP contribution in [0.15, 0.2) is 24.3 Å². The van der Waals surface area contributed by atoms with Crippen molar-refractivity contribution in [3.8, 4) is 0 Å². The van der Waals surface area contributed by atoms with E-state index in [0.717, 1.165) is 0 Å². The molecule has 0 radical (unpaired) electrons. The molecular formula is C11H15FN4OS. The second-order valence-corrected chi connectivity index (χ2v) is 3.77. The van der Waals surface area contributed by atoms with Gasteiger partial charge in [0.15, 0.2) is 5.11 Å². The highest BCUT2D eigenvalue weighted by molar-refractivity contribution is 7.80. The highest BCUT2D eigenvalue weighted by atomic mass is 32.1. The minimum Gasteiger partial charge on any atom is -0.361 e. The Hall–Kier alpha value is -1.89. The molecule has 0 aromatic heterocycles. The number of hydrogen-bond acceptors (Lipinski definition) is 2. The molecular weight excluding hydrogens is 255 g/mol. The third-order valence-electron chi connectivity index (χ3n) is 2.05. The number of hydrogen-bond donors (Lipinski definition) is 4. The van der Waals surface area contributed by atoms with Gasteiger partial charge in [-0.2, -0.15) is 0 Å². The number of urea groups is 1. The molecule has 1 aromatic rings. The Morgan fingerprint density at radius 3 is 2.61 bits per heavy atom. The molecule has 2 amide bonds. The Bertz CT molecular complexity index is 427. The van der Waals surface area contributed by atoms with Crippen LogP contribution in [0.4, 0.5) is 14.9 Å². The molecule has 0 unspecified atom stereocenters. The van der Waals surface area contributed by atoms with E-state index in [1.54, 1.807) is 18.2 Å². The molecule has 0 spiro atoms. The van der Waals surface area contributed by atoms with Gasteiger partial charge in [-0.25, -0.2) is 9.18 Å². The van der Waals surface area contributed by atoms with Crippen LogP contribution in [0.2, 0.25) is 0 Å². The van der Waals surface area contributed by atoms with Crippen LogP contribution in [0.5, 0.6) is 0 Å². The zero-order chi connectivity index (χ0) is 13.4. The van der Waals surface area contributed by atoms with Crippen molar-refractivity contribution in [3.05, 3.63) is 30.1 Å². The van der Waals surface area contributed by atoms with E-state index in [4.69, 9.17) is 12.2 Å². The Labute approximate surface area is 110 Å². The largest absolute Gasteiger partial charge is 0.361 e. The van der Waals surface area contributed by atoms with Crippen LogP contribution in [-0.4, -0.2) is 31.3 Å². The smallest absolute Gasteiger partial charge is 0.314 e. The van der Waals surface area contributed by atoms with Gasteiger partial charge in [0.05, 0.1) is 5.69 Å². The maximum absolute atomic E-state index is 13.3. The van der Waals surface area contributed by atoms with Crippen molar-refractivity contribution in [3.63, 3.8) is 0 Å². The van der Waals surface area contributed by atoms with Crippen LogP contribution in [0, 0.1) is 5.82 Å².